The number of hydrogen-bond donors (Lipinski definition) is 3. The maximum absolute atomic E-state index is 12.4. The van der Waals surface area contributed by atoms with E-state index in [-0.39, 0.29) is 18.4 Å². The minimum absolute atomic E-state index is 0.209. The zero-order valence-electron chi connectivity index (χ0n) is 11.1. The molecule has 2 N–H and O–H groups in total. The SMILES string of the molecule is CC(CS)C(=O)N(CC(=O)O)C12CCC(CC1O)C2. The summed E-state index contributed by atoms with van der Waals surface area (Å²) in [5, 5.41) is 19.3. The summed E-state index contributed by atoms with van der Waals surface area (Å²) in [4.78, 5) is 24.9. The number of rotatable bonds is 5. The molecule has 2 bridgehead atoms. The van der Waals surface area contributed by atoms with Gasteiger partial charge in [0, 0.05) is 11.7 Å². The molecule has 0 aliphatic heterocycles. The fourth-order valence-corrected chi connectivity index (χ4v) is 3.71. The van der Waals surface area contributed by atoms with Gasteiger partial charge in [0.1, 0.15) is 6.54 Å². The molecular formula is C13H21NO4S. The van der Waals surface area contributed by atoms with Crippen molar-refractivity contribution in [1.82, 2.24) is 4.90 Å². The largest absolute Gasteiger partial charge is 0.480 e. The molecule has 0 aromatic carbocycles. The van der Waals surface area contributed by atoms with E-state index in [0.29, 0.717) is 24.5 Å². The quantitative estimate of drug-likeness (QED) is 0.653. The highest BCUT2D eigenvalue weighted by Gasteiger charge is 2.56. The van der Waals surface area contributed by atoms with Gasteiger partial charge >= 0.3 is 5.97 Å². The lowest BCUT2D eigenvalue weighted by Crippen LogP contribution is -2.58. The second-order valence-corrected chi connectivity index (χ2v) is 6.23. The van der Waals surface area contributed by atoms with Gasteiger partial charge in [-0.1, -0.05) is 6.92 Å². The zero-order chi connectivity index (χ0) is 14.2. The van der Waals surface area contributed by atoms with Crippen LogP contribution in [0.5, 0.6) is 0 Å². The first-order valence-electron chi connectivity index (χ1n) is 6.73. The maximum atomic E-state index is 12.4. The van der Waals surface area contributed by atoms with Crippen molar-refractivity contribution in [2.45, 2.75) is 44.2 Å². The smallest absolute Gasteiger partial charge is 0.323 e. The van der Waals surface area contributed by atoms with Crippen LogP contribution in [-0.4, -0.2) is 50.9 Å². The summed E-state index contributed by atoms with van der Waals surface area (Å²) in [7, 11) is 0. The van der Waals surface area contributed by atoms with E-state index in [1.165, 1.54) is 4.90 Å². The number of carbonyl (C=O) groups is 2. The summed E-state index contributed by atoms with van der Waals surface area (Å²) < 4.78 is 0. The summed E-state index contributed by atoms with van der Waals surface area (Å²) in [6, 6.07) is 0. The van der Waals surface area contributed by atoms with Gasteiger partial charge < -0.3 is 15.1 Å². The number of carbonyl (C=O) groups excluding carboxylic acids is 1. The van der Waals surface area contributed by atoms with Crippen LogP contribution in [0.15, 0.2) is 0 Å². The van der Waals surface area contributed by atoms with Gasteiger partial charge in [-0.15, -0.1) is 0 Å². The van der Waals surface area contributed by atoms with Crippen LogP contribution in [0.4, 0.5) is 0 Å². The van der Waals surface area contributed by atoms with Crippen molar-refractivity contribution in [3.63, 3.8) is 0 Å². The molecule has 19 heavy (non-hydrogen) atoms. The third-order valence-electron chi connectivity index (χ3n) is 4.60. The van der Waals surface area contributed by atoms with Crippen LogP contribution in [0.3, 0.4) is 0 Å². The molecule has 2 aliphatic rings. The molecule has 2 saturated carbocycles. The molecule has 0 aromatic heterocycles. The number of fused-ring (bicyclic) bond motifs is 2. The standard InChI is InChI=1S/C13H21NO4S/c1-8(7-19)12(18)14(6-11(16)17)13-3-2-9(5-13)4-10(13)15/h8-10,15,19H,2-7H2,1H3,(H,16,17). The van der Waals surface area contributed by atoms with Gasteiger partial charge in [-0.05, 0) is 31.6 Å². The monoisotopic (exact) mass is 287 g/mol. The van der Waals surface area contributed by atoms with E-state index in [2.05, 4.69) is 12.6 Å². The highest BCUT2D eigenvalue weighted by molar-refractivity contribution is 7.80. The number of amides is 1. The number of carboxylic acid groups (broad SMARTS) is 1. The third kappa shape index (κ3) is 2.48. The van der Waals surface area contributed by atoms with Crippen molar-refractivity contribution in [3.8, 4) is 0 Å². The van der Waals surface area contributed by atoms with Crippen molar-refractivity contribution in [2.75, 3.05) is 12.3 Å². The number of thiol groups is 1. The number of aliphatic hydroxyl groups is 1. The number of nitrogens with zero attached hydrogens (tertiary/aromatic N) is 1. The predicted molar refractivity (Wildman–Crippen MR) is 73.1 cm³/mol. The molecule has 2 rings (SSSR count). The Hall–Kier alpha value is -0.750. The molecule has 5 nitrogen and oxygen atoms in total. The highest BCUT2D eigenvalue weighted by Crippen LogP contribution is 2.51. The van der Waals surface area contributed by atoms with Crippen LogP contribution in [0.1, 0.15) is 32.6 Å². The third-order valence-corrected chi connectivity index (χ3v) is 5.14. The molecule has 1 amide bonds. The van der Waals surface area contributed by atoms with E-state index in [4.69, 9.17) is 5.11 Å². The molecule has 6 heteroatoms. The summed E-state index contributed by atoms with van der Waals surface area (Å²) in [5.74, 6) is -0.769. The lowest BCUT2D eigenvalue weighted by Gasteiger charge is -2.43. The minimum Gasteiger partial charge on any atom is -0.480 e. The summed E-state index contributed by atoms with van der Waals surface area (Å²) in [6.45, 7) is 1.41. The van der Waals surface area contributed by atoms with Gasteiger partial charge in [0.05, 0.1) is 11.6 Å². The Morgan fingerprint density at radius 1 is 1.53 bits per heavy atom. The van der Waals surface area contributed by atoms with E-state index in [0.717, 1.165) is 12.8 Å². The maximum Gasteiger partial charge on any atom is 0.323 e. The van der Waals surface area contributed by atoms with Crippen molar-refractivity contribution >= 4 is 24.5 Å². The van der Waals surface area contributed by atoms with E-state index >= 15 is 0 Å². The normalized spacial score (nSPS) is 34.3. The lowest BCUT2D eigenvalue weighted by atomic mass is 9.88. The van der Waals surface area contributed by atoms with Gasteiger partial charge in [-0.3, -0.25) is 9.59 Å². The van der Waals surface area contributed by atoms with Crippen LogP contribution < -0.4 is 0 Å². The summed E-state index contributed by atoms with van der Waals surface area (Å²) in [5.41, 5.74) is -0.655. The molecule has 0 saturated heterocycles. The summed E-state index contributed by atoms with van der Waals surface area (Å²) >= 11 is 4.11. The number of carboxylic acids is 1. The van der Waals surface area contributed by atoms with Crippen LogP contribution in [0.25, 0.3) is 0 Å². The van der Waals surface area contributed by atoms with Crippen molar-refractivity contribution in [3.05, 3.63) is 0 Å². The number of aliphatic carboxylic acids is 1. The van der Waals surface area contributed by atoms with Crippen molar-refractivity contribution in [2.24, 2.45) is 11.8 Å². The van der Waals surface area contributed by atoms with Gasteiger partial charge in [0.15, 0.2) is 0 Å². The Bertz CT molecular complexity index is 389. The molecule has 4 atom stereocenters. The van der Waals surface area contributed by atoms with Crippen molar-refractivity contribution < 1.29 is 19.8 Å². The minimum atomic E-state index is -1.03. The van der Waals surface area contributed by atoms with E-state index in [9.17, 15) is 14.7 Å². The molecule has 0 heterocycles. The van der Waals surface area contributed by atoms with Gasteiger partial charge in [-0.2, -0.15) is 12.6 Å². The van der Waals surface area contributed by atoms with Gasteiger partial charge in [0.2, 0.25) is 5.91 Å². The average Bonchev–Trinajstić information content (AvgIpc) is 2.91. The molecule has 108 valence electrons. The fourth-order valence-electron chi connectivity index (χ4n) is 3.56. The fraction of sp³-hybridized carbons (Fsp3) is 0.846. The molecule has 0 radical (unpaired) electrons. The van der Waals surface area contributed by atoms with E-state index < -0.39 is 17.6 Å². The first kappa shape index (κ1) is 14.7. The molecule has 0 spiro atoms. The summed E-state index contributed by atoms with van der Waals surface area (Å²) in [6.07, 6.45) is 2.49. The lowest BCUT2D eigenvalue weighted by molar-refractivity contribution is -0.155. The Kier molecular flexibility index (Phi) is 4.11. The highest BCUT2D eigenvalue weighted by atomic mass is 32.1. The topological polar surface area (TPSA) is 77.8 Å². The van der Waals surface area contributed by atoms with Gasteiger partial charge in [-0.25, -0.2) is 0 Å². The van der Waals surface area contributed by atoms with Crippen molar-refractivity contribution in [1.29, 1.82) is 0 Å². The molecule has 4 unspecified atom stereocenters. The number of hydrogen-bond acceptors (Lipinski definition) is 4. The Balaban J connectivity index is 2.27. The van der Waals surface area contributed by atoms with Crippen LogP contribution in [-0.2, 0) is 9.59 Å². The first-order valence-corrected chi connectivity index (χ1v) is 7.36. The Morgan fingerprint density at radius 2 is 2.21 bits per heavy atom. The molecule has 0 aromatic rings. The average molecular weight is 287 g/mol. The Morgan fingerprint density at radius 3 is 2.63 bits per heavy atom. The van der Waals surface area contributed by atoms with E-state index in [1.807, 2.05) is 0 Å². The van der Waals surface area contributed by atoms with Gasteiger partial charge in [0.25, 0.3) is 0 Å². The number of aliphatic hydroxyl groups excluding tert-OH is 1. The second kappa shape index (κ2) is 5.32. The molecule has 2 aliphatic carbocycles. The van der Waals surface area contributed by atoms with E-state index in [1.54, 1.807) is 6.92 Å². The molecule has 2 fully saturated rings. The zero-order valence-corrected chi connectivity index (χ0v) is 12.0. The predicted octanol–water partition coefficient (Wildman–Crippen LogP) is 0.769. The molecular weight excluding hydrogens is 266 g/mol. The van der Waals surface area contributed by atoms with Crippen LogP contribution in [0, 0.1) is 11.8 Å². The first-order chi connectivity index (χ1) is 8.90. The van der Waals surface area contributed by atoms with Crippen LogP contribution in [0.2, 0.25) is 0 Å². The second-order valence-electron chi connectivity index (χ2n) is 5.87. The Labute approximate surface area is 118 Å². The van der Waals surface area contributed by atoms with Crippen LogP contribution >= 0.6 is 12.6 Å².